The highest BCUT2D eigenvalue weighted by atomic mass is 16.1. The first-order valence-corrected chi connectivity index (χ1v) is 8.25. The summed E-state index contributed by atoms with van der Waals surface area (Å²) in [6.45, 7) is 10.7. The van der Waals surface area contributed by atoms with Gasteiger partial charge in [-0.3, -0.25) is 4.79 Å². The van der Waals surface area contributed by atoms with E-state index < -0.39 is 0 Å². The SMILES string of the molecule is CCC(CC)/C(=C\C(=O)CC(C)C)Cc1cccc(C)c1. The second-order valence-corrected chi connectivity index (χ2v) is 6.46. The van der Waals surface area contributed by atoms with Gasteiger partial charge in [0.25, 0.3) is 0 Å². The van der Waals surface area contributed by atoms with Crippen molar-refractivity contribution in [2.45, 2.75) is 60.3 Å². The molecule has 1 heteroatoms. The number of aryl methyl sites for hydroxylation is 1. The molecule has 1 aromatic rings. The number of rotatable bonds is 8. The highest BCUT2D eigenvalue weighted by Gasteiger charge is 2.13. The van der Waals surface area contributed by atoms with Crippen molar-refractivity contribution in [2.75, 3.05) is 0 Å². The highest BCUT2D eigenvalue weighted by molar-refractivity contribution is 5.90. The molecule has 0 unspecified atom stereocenters. The lowest BCUT2D eigenvalue weighted by molar-refractivity contribution is -0.115. The summed E-state index contributed by atoms with van der Waals surface area (Å²) in [5, 5.41) is 0. The van der Waals surface area contributed by atoms with E-state index in [1.54, 1.807) is 0 Å². The fourth-order valence-corrected chi connectivity index (χ4v) is 2.85. The van der Waals surface area contributed by atoms with Crippen LogP contribution in [0.3, 0.4) is 0 Å². The molecule has 0 spiro atoms. The smallest absolute Gasteiger partial charge is 0.155 e. The van der Waals surface area contributed by atoms with Crippen LogP contribution in [0.15, 0.2) is 35.9 Å². The number of hydrogen-bond donors (Lipinski definition) is 0. The van der Waals surface area contributed by atoms with Crippen molar-refractivity contribution in [3.63, 3.8) is 0 Å². The summed E-state index contributed by atoms with van der Waals surface area (Å²) in [6, 6.07) is 8.61. The summed E-state index contributed by atoms with van der Waals surface area (Å²) in [7, 11) is 0. The Balaban J connectivity index is 2.96. The Morgan fingerprint density at radius 1 is 1.19 bits per heavy atom. The molecular formula is C20H30O. The van der Waals surface area contributed by atoms with Gasteiger partial charge >= 0.3 is 0 Å². The van der Waals surface area contributed by atoms with E-state index in [2.05, 4.69) is 58.9 Å². The van der Waals surface area contributed by atoms with Gasteiger partial charge < -0.3 is 0 Å². The van der Waals surface area contributed by atoms with Crippen LogP contribution in [-0.2, 0) is 11.2 Å². The molecule has 0 radical (unpaired) electrons. The minimum Gasteiger partial charge on any atom is -0.295 e. The normalized spacial score (nSPS) is 12.2. The van der Waals surface area contributed by atoms with Crippen molar-refractivity contribution in [3.8, 4) is 0 Å². The molecule has 0 bridgehead atoms. The third-order valence-electron chi connectivity index (χ3n) is 3.96. The van der Waals surface area contributed by atoms with Gasteiger partial charge in [-0.15, -0.1) is 0 Å². The van der Waals surface area contributed by atoms with E-state index in [0.717, 1.165) is 19.3 Å². The minimum absolute atomic E-state index is 0.277. The van der Waals surface area contributed by atoms with Gasteiger partial charge in [0, 0.05) is 6.42 Å². The first-order valence-electron chi connectivity index (χ1n) is 8.25. The van der Waals surface area contributed by atoms with E-state index in [9.17, 15) is 4.79 Å². The Bertz CT molecular complexity index is 478. The Labute approximate surface area is 130 Å². The van der Waals surface area contributed by atoms with Crippen molar-refractivity contribution in [2.24, 2.45) is 11.8 Å². The molecule has 0 saturated heterocycles. The lowest BCUT2D eigenvalue weighted by Gasteiger charge is -2.18. The van der Waals surface area contributed by atoms with Crippen molar-refractivity contribution in [1.82, 2.24) is 0 Å². The maximum Gasteiger partial charge on any atom is 0.155 e. The molecule has 0 aliphatic rings. The number of carbonyl (C=O) groups is 1. The molecule has 0 aromatic heterocycles. The fraction of sp³-hybridized carbons (Fsp3) is 0.550. The van der Waals surface area contributed by atoms with E-state index in [1.807, 2.05) is 6.08 Å². The maximum absolute atomic E-state index is 12.2. The molecular weight excluding hydrogens is 256 g/mol. The molecule has 0 aliphatic heterocycles. The largest absolute Gasteiger partial charge is 0.295 e. The number of ketones is 1. The van der Waals surface area contributed by atoms with E-state index in [1.165, 1.54) is 16.7 Å². The average Bonchev–Trinajstić information content (AvgIpc) is 2.38. The topological polar surface area (TPSA) is 17.1 Å². The molecule has 0 aliphatic carbocycles. The first-order chi connectivity index (χ1) is 9.96. The molecule has 21 heavy (non-hydrogen) atoms. The van der Waals surface area contributed by atoms with Gasteiger partial charge in [-0.05, 0) is 49.7 Å². The van der Waals surface area contributed by atoms with E-state index >= 15 is 0 Å². The fourth-order valence-electron chi connectivity index (χ4n) is 2.85. The molecule has 0 heterocycles. The summed E-state index contributed by atoms with van der Waals surface area (Å²) >= 11 is 0. The number of carbonyl (C=O) groups excluding carboxylic acids is 1. The van der Waals surface area contributed by atoms with Crippen LogP contribution in [0.2, 0.25) is 0 Å². The van der Waals surface area contributed by atoms with Crippen LogP contribution in [0.25, 0.3) is 0 Å². The van der Waals surface area contributed by atoms with Gasteiger partial charge in [0.1, 0.15) is 0 Å². The molecule has 1 rings (SSSR count). The van der Waals surface area contributed by atoms with E-state index in [0.29, 0.717) is 18.3 Å². The predicted octanol–water partition coefficient (Wildman–Crippen LogP) is 5.52. The lowest BCUT2D eigenvalue weighted by Crippen LogP contribution is -2.09. The molecule has 116 valence electrons. The van der Waals surface area contributed by atoms with Crippen LogP contribution in [0.1, 0.15) is 58.1 Å². The van der Waals surface area contributed by atoms with E-state index in [-0.39, 0.29) is 5.78 Å². The molecule has 0 fully saturated rings. The number of allylic oxidation sites excluding steroid dienone is 2. The summed E-state index contributed by atoms with van der Waals surface area (Å²) in [4.78, 5) is 12.2. The number of hydrogen-bond acceptors (Lipinski definition) is 1. The van der Waals surface area contributed by atoms with Crippen LogP contribution in [0, 0.1) is 18.8 Å². The van der Waals surface area contributed by atoms with Crippen molar-refractivity contribution < 1.29 is 4.79 Å². The zero-order valence-electron chi connectivity index (χ0n) is 14.3. The molecule has 0 amide bonds. The summed E-state index contributed by atoms with van der Waals surface area (Å²) in [5.41, 5.74) is 3.90. The third-order valence-corrected chi connectivity index (χ3v) is 3.96. The van der Waals surface area contributed by atoms with Gasteiger partial charge in [-0.25, -0.2) is 0 Å². The van der Waals surface area contributed by atoms with Crippen LogP contribution in [0.4, 0.5) is 0 Å². The average molecular weight is 286 g/mol. The zero-order valence-corrected chi connectivity index (χ0v) is 14.3. The van der Waals surface area contributed by atoms with Gasteiger partial charge in [0.2, 0.25) is 0 Å². The Morgan fingerprint density at radius 3 is 2.38 bits per heavy atom. The van der Waals surface area contributed by atoms with Crippen LogP contribution >= 0.6 is 0 Å². The molecule has 0 N–H and O–H groups in total. The quantitative estimate of drug-likeness (QED) is 0.575. The Morgan fingerprint density at radius 2 is 1.86 bits per heavy atom. The summed E-state index contributed by atoms with van der Waals surface area (Å²) < 4.78 is 0. The minimum atomic E-state index is 0.277. The molecule has 0 saturated carbocycles. The van der Waals surface area contributed by atoms with E-state index in [4.69, 9.17) is 0 Å². The Hall–Kier alpha value is -1.37. The predicted molar refractivity (Wildman–Crippen MR) is 91.5 cm³/mol. The third kappa shape index (κ3) is 6.29. The van der Waals surface area contributed by atoms with Crippen molar-refractivity contribution >= 4 is 5.78 Å². The lowest BCUT2D eigenvalue weighted by atomic mass is 9.87. The second kappa shape index (κ2) is 8.81. The standard InChI is InChI=1S/C20H30O/c1-6-18(7-2)19(14-20(21)11-15(3)4)13-17-10-8-9-16(5)12-17/h8-10,12,14-15,18H,6-7,11,13H2,1-5H3/b19-14-. The van der Waals surface area contributed by atoms with Gasteiger partial charge in [-0.1, -0.05) is 63.1 Å². The van der Waals surface area contributed by atoms with Crippen LogP contribution < -0.4 is 0 Å². The molecule has 0 atom stereocenters. The zero-order chi connectivity index (χ0) is 15.8. The van der Waals surface area contributed by atoms with Gasteiger partial charge in [0.05, 0.1) is 0 Å². The summed E-state index contributed by atoms with van der Waals surface area (Å²) in [6.07, 6.45) is 5.68. The highest BCUT2D eigenvalue weighted by Crippen LogP contribution is 2.24. The molecule has 1 aromatic carbocycles. The number of benzene rings is 1. The van der Waals surface area contributed by atoms with Crippen LogP contribution in [0.5, 0.6) is 0 Å². The van der Waals surface area contributed by atoms with Gasteiger partial charge in [0.15, 0.2) is 5.78 Å². The van der Waals surface area contributed by atoms with Crippen molar-refractivity contribution in [3.05, 3.63) is 47.0 Å². The van der Waals surface area contributed by atoms with Crippen LogP contribution in [-0.4, -0.2) is 5.78 Å². The monoisotopic (exact) mass is 286 g/mol. The van der Waals surface area contributed by atoms with Crippen molar-refractivity contribution in [1.29, 1.82) is 0 Å². The van der Waals surface area contributed by atoms with Gasteiger partial charge in [-0.2, -0.15) is 0 Å². The maximum atomic E-state index is 12.2. The summed E-state index contributed by atoms with van der Waals surface area (Å²) in [5.74, 6) is 1.22. The second-order valence-electron chi connectivity index (χ2n) is 6.46. The first kappa shape index (κ1) is 17.7. The Kier molecular flexibility index (Phi) is 7.42. The molecule has 1 nitrogen and oxygen atoms in total.